The van der Waals surface area contributed by atoms with Gasteiger partial charge < -0.3 is 4.90 Å². The monoisotopic (exact) mass is 322 g/mol. The lowest BCUT2D eigenvalue weighted by atomic mass is 9.80. The highest BCUT2D eigenvalue weighted by atomic mass is 15.2. The lowest BCUT2D eigenvalue weighted by Crippen LogP contribution is -2.49. The van der Waals surface area contributed by atoms with Gasteiger partial charge in [-0.1, -0.05) is 27.7 Å². The summed E-state index contributed by atoms with van der Waals surface area (Å²) in [5.74, 6) is 3.55. The Kier molecular flexibility index (Phi) is 6.98. The molecule has 4 atom stereocenters. The van der Waals surface area contributed by atoms with E-state index in [1.165, 1.54) is 45.3 Å². The van der Waals surface area contributed by atoms with Gasteiger partial charge in [0.1, 0.15) is 0 Å². The highest BCUT2D eigenvalue weighted by Crippen LogP contribution is 2.33. The van der Waals surface area contributed by atoms with Gasteiger partial charge in [0.25, 0.3) is 0 Å². The summed E-state index contributed by atoms with van der Waals surface area (Å²) in [6, 6.07) is 2.24. The topological polar surface area (TPSA) is 6.48 Å². The van der Waals surface area contributed by atoms with Gasteiger partial charge in [0, 0.05) is 24.7 Å². The Morgan fingerprint density at radius 2 is 1.43 bits per heavy atom. The maximum Gasteiger partial charge on any atom is 0.0115 e. The molecule has 0 bridgehead atoms. The van der Waals surface area contributed by atoms with Gasteiger partial charge in [-0.2, -0.15) is 0 Å². The Bertz CT molecular complexity index is 350. The average molecular weight is 323 g/mol. The number of rotatable bonds is 6. The largest absolute Gasteiger partial charge is 0.300 e. The fourth-order valence-electron chi connectivity index (χ4n) is 4.92. The average Bonchev–Trinajstić information content (AvgIpc) is 2.96. The van der Waals surface area contributed by atoms with Crippen molar-refractivity contribution in [2.45, 2.75) is 92.3 Å². The van der Waals surface area contributed by atoms with Crippen LogP contribution in [0.5, 0.6) is 0 Å². The molecule has 0 spiro atoms. The number of nitrogens with zero attached hydrogens (tertiary/aromatic N) is 2. The normalized spacial score (nSPS) is 32.3. The summed E-state index contributed by atoms with van der Waals surface area (Å²) in [6.45, 7) is 20.9. The fraction of sp³-hybridized carbons (Fsp3) is 1.00. The highest BCUT2D eigenvalue weighted by Gasteiger charge is 2.34. The maximum atomic E-state index is 2.80. The predicted octanol–water partition coefficient (Wildman–Crippen LogP) is 4.89. The van der Waals surface area contributed by atoms with Gasteiger partial charge in [-0.15, -0.1) is 0 Å². The Hall–Kier alpha value is -0.0800. The first-order chi connectivity index (χ1) is 10.8. The molecule has 0 aromatic rings. The smallest absolute Gasteiger partial charge is 0.0115 e. The lowest BCUT2D eigenvalue weighted by Gasteiger charge is -2.45. The third-order valence-electron chi connectivity index (χ3n) is 6.84. The molecule has 0 aromatic carbocycles. The Balaban J connectivity index is 1.94. The molecule has 136 valence electrons. The number of likely N-dealkylation sites (tertiary alicyclic amines) is 2. The van der Waals surface area contributed by atoms with Crippen molar-refractivity contribution in [1.82, 2.24) is 9.80 Å². The number of hydrogen-bond donors (Lipinski definition) is 0. The third-order valence-corrected chi connectivity index (χ3v) is 6.84. The van der Waals surface area contributed by atoms with Crippen LogP contribution in [0.15, 0.2) is 0 Å². The molecule has 2 aliphatic heterocycles. The standard InChI is InChI=1S/C21H42N2/c1-15(2)19-9-11-23(17(5)6)21(13-19)12-18(7)22-10-8-20(14-22)16(3)4/h15-21H,8-14H2,1-7H3. The van der Waals surface area contributed by atoms with Gasteiger partial charge in [-0.3, -0.25) is 4.90 Å². The molecular formula is C21H42N2. The van der Waals surface area contributed by atoms with Crippen LogP contribution in [0, 0.1) is 23.7 Å². The van der Waals surface area contributed by atoms with Crippen LogP contribution in [-0.4, -0.2) is 47.6 Å². The van der Waals surface area contributed by atoms with Crippen molar-refractivity contribution < 1.29 is 0 Å². The van der Waals surface area contributed by atoms with Gasteiger partial charge in [0.05, 0.1) is 0 Å². The summed E-state index contributed by atoms with van der Waals surface area (Å²) in [5, 5.41) is 0. The molecule has 23 heavy (non-hydrogen) atoms. The molecule has 0 amide bonds. The van der Waals surface area contributed by atoms with E-state index in [1.807, 2.05) is 0 Å². The Morgan fingerprint density at radius 1 is 0.826 bits per heavy atom. The van der Waals surface area contributed by atoms with E-state index in [1.54, 1.807) is 0 Å². The predicted molar refractivity (Wildman–Crippen MR) is 102 cm³/mol. The summed E-state index contributed by atoms with van der Waals surface area (Å²) in [7, 11) is 0. The molecule has 0 radical (unpaired) electrons. The van der Waals surface area contributed by atoms with E-state index in [0.29, 0.717) is 6.04 Å². The van der Waals surface area contributed by atoms with Crippen LogP contribution in [0.2, 0.25) is 0 Å². The minimum atomic E-state index is 0.697. The molecule has 0 saturated carbocycles. The molecule has 2 rings (SSSR count). The van der Waals surface area contributed by atoms with Gasteiger partial charge >= 0.3 is 0 Å². The molecule has 2 nitrogen and oxygen atoms in total. The molecule has 4 unspecified atom stereocenters. The van der Waals surface area contributed by atoms with Gasteiger partial charge in [-0.25, -0.2) is 0 Å². The van der Waals surface area contributed by atoms with E-state index >= 15 is 0 Å². The second-order valence-electron chi connectivity index (χ2n) is 9.39. The molecule has 2 saturated heterocycles. The molecule has 0 N–H and O–H groups in total. The molecule has 2 heteroatoms. The first-order valence-electron chi connectivity index (χ1n) is 10.3. The van der Waals surface area contributed by atoms with Crippen LogP contribution in [0.4, 0.5) is 0 Å². The van der Waals surface area contributed by atoms with Crippen molar-refractivity contribution in [3.8, 4) is 0 Å². The van der Waals surface area contributed by atoms with E-state index < -0.39 is 0 Å². The SMILES string of the molecule is CC(C)C1CCN(C(C)C)C(CC(C)N2CCC(C(C)C)C2)C1. The first-order valence-corrected chi connectivity index (χ1v) is 10.3. The summed E-state index contributed by atoms with van der Waals surface area (Å²) < 4.78 is 0. The fourth-order valence-corrected chi connectivity index (χ4v) is 4.92. The molecule has 2 fully saturated rings. The Labute approximate surface area is 146 Å². The van der Waals surface area contributed by atoms with Crippen molar-refractivity contribution in [3.63, 3.8) is 0 Å². The van der Waals surface area contributed by atoms with Crippen LogP contribution in [0.25, 0.3) is 0 Å². The minimum Gasteiger partial charge on any atom is -0.300 e. The van der Waals surface area contributed by atoms with Gasteiger partial charge in [0.15, 0.2) is 0 Å². The van der Waals surface area contributed by atoms with E-state index in [4.69, 9.17) is 0 Å². The van der Waals surface area contributed by atoms with Crippen molar-refractivity contribution >= 4 is 0 Å². The maximum absolute atomic E-state index is 2.80. The lowest BCUT2D eigenvalue weighted by molar-refractivity contribution is 0.0455. The zero-order valence-corrected chi connectivity index (χ0v) is 16.9. The molecule has 2 aliphatic rings. The van der Waals surface area contributed by atoms with E-state index in [2.05, 4.69) is 58.3 Å². The third kappa shape index (κ3) is 4.95. The van der Waals surface area contributed by atoms with Crippen molar-refractivity contribution in [3.05, 3.63) is 0 Å². The van der Waals surface area contributed by atoms with Crippen molar-refractivity contribution in [2.24, 2.45) is 23.7 Å². The number of hydrogen-bond acceptors (Lipinski definition) is 2. The quantitative estimate of drug-likeness (QED) is 0.687. The Morgan fingerprint density at radius 3 is 1.96 bits per heavy atom. The highest BCUT2D eigenvalue weighted by molar-refractivity contribution is 4.89. The molecule has 0 aliphatic carbocycles. The zero-order valence-electron chi connectivity index (χ0n) is 16.9. The second-order valence-corrected chi connectivity index (χ2v) is 9.39. The molecule has 0 aromatic heterocycles. The van der Waals surface area contributed by atoms with Gasteiger partial charge in [0.2, 0.25) is 0 Å². The summed E-state index contributed by atoms with van der Waals surface area (Å²) in [5.41, 5.74) is 0. The van der Waals surface area contributed by atoms with Crippen LogP contribution >= 0.6 is 0 Å². The van der Waals surface area contributed by atoms with Crippen LogP contribution < -0.4 is 0 Å². The van der Waals surface area contributed by atoms with Crippen LogP contribution in [-0.2, 0) is 0 Å². The van der Waals surface area contributed by atoms with Crippen LogP contribution in [0.1, 0.15) is 74.1 Å². The molecular weight excluding hydrogens is 280 g/mol. The summed E-state index contributed by atoms with van der Waals surface area (Å²) >= 11 is 0. The van der Waals surface area contributed by atoms with Gasteiger partial charge in [-0.05, 0) is 83.2 Å². The van der Waals surface area contributed by atoms with E-state index in [9.17, 15) is 0 Å². The summed E-state index contributed by atoms with van der Waals surface area (Å²) in [6.07, 6.45) is 5.60. The van der Waals surface area contributed by atoms with Crippen molar-refractivity contribution in [2.75, 3.05) is 19.6 Å². The zero-order chi connectivity index (χ0) is 17.1. The molecule has 2 heterocycles. The van der Waals surface area contributed by atoms with Crippen molar-refractivity contribution in [1.29, 1.82) is 0 Å². The number of piperidine rings is 1. The first kappa shape index (κ1) is 19.2. The minimum absolute atomic E-state index is 0.697. The van der Waals surface area contributed by atoms with E-state index in [0.717, 1.165) is 35.8 Å². The summed E-state index contributed by atoms with van der Waals surface area (Å²) in [4.78, 5) is 5.58. The van der Waals surface area contributed by atoms with Crippen LogP contribution in [0.3, 0.4) is 0 Å². The second kappa shape index (κ2) is 8.34. The van der Waals surface area contributed by atoms with E-state index in [-0.39, 0.29) is 0 Å².